The molecular weight excluding hydrogens is 416 g/mol. The first-order valence-corrected chi connectivity index (χ1v) is 11.8. The van der Waals surface area contributed by atoms with Crippen molar-refractivity contribution in [2.24, 2.45) is 0 Å². The summed E-state index contributed by atoms with van der Waals surface area (Å²) in [7, 11) is -3.87. The van der Waals surface area contributed by atoms with E-state index in [-0.39, 0.29) is 30.3 Å². The Balaban J connectivity index is 1.44. The van der Waals surface area contributed by atoms with Crippen LogP contribution in [0.4, 0.5) is 5.69 Å². The van der Waals surface area contributed by atoms with E-state index >= 15 is 0 Å². The van der Waals surface area contributed by atoms with Gasteiger partial charge in [0.05, 0.1) is 11.3 Å². The molecule has 0 aliphatic carbocycles. The van der Waals surface area contributed by atoms with Crippen molar-refractivity contribution in [2.45, 2.75) is 17.4 Å². The Labute approximate surface area is 182 Å². The van der Waals surface area contributed by atoms with Crippen molar-refractivity contribution in [1.29, 1.82) is 0 Å². The quantitative estimate of drug-likeness (QED) is 0.744. The molecule has 0 bridgehead atoms. The maximum absolute atomic E-state index is 13.1. The van der Waals surface area contributed by atoms with Gasteiger partial charge >= 0.3 is 0 Å². The van der Waals surface area contributed by atoms with Gasteiger partial charge in [-0.15, -0.1) is 0 Å². The molecule has 31 heavy (non-hydrogen) atoms. The molecule has 1 N–H and O–H groups in total. The standard InChI is InChI=1S/C22H26N4O4S/c27-21(25-15-13-24(14-16-25)18-7-3-1-4-8-18)17-20-22(28)23-11-12-26(20)31(29,30)19-9-5-2-6-10-19/h1-10,20H,11-17H2,(H,23,28). The lowest BCUT2D eigenvalue weighted by atomic mass is 10.1. The fraction of sp³-hybridized carbons (Fsp3) is 0.364. The summed E-state index contributed by atoms with van der Waals surface area (Å²) < 4.78 is 27.4. The van der Waals surface area contributed by atoms with Gasteiger partial charge in [0.2, 0.25) is 21.8 Å². The molecule has 2 aliphatic rings. The lowest BCUT2D eigenvalue weighted by Crippen LogP contribution is -2.59. The molecule has 8 nitrogen and oxygen atoms in total. The number of hydrogen-bond acceptors (Lipinski definition) is 5. The Morgan fingerprint density at radius 1 is 0.903 bits per heavy atom. The third kappa shape index (κ3) is 4.57. The largest absolute Gasteiger partial charge is 0.368 e. The van der Waals surface area contributed by atoms with Crippen LogP contribution in [0.1, 0.15) is 6.42 Å². The Hall–Kier alpha value is -2.91. The van der Waals surface area contributed by atoms with Gasteiger partial charge in [-0.25, -0.2) is 8.42 Å². The molecule has 164 valence electrons. The number of benzene rings is 2. The third-order valence-corrected chi connectivity index (χ3v) is 7.68. The maximum Gasteiger partial charge on any atom is 0.243 e. The fourth-order valence-corrected chi connectivity index (χ4v) is 5.66. The molecular formula is C22H26N4O4S. The number of hydrogen-bond donors (Lipinski definition) is 1. The maximum atomic E-state index is 13.1. The van der Waals surface area contributed by atoms with Crippen LogP contribution in [0, 0.1) is 0 Å². The number of piperazine rings is 2. The zero-order valence-corrected chi connectivity index (χ0v) is 18.0. The summed E-state index contributed by atoms with van der Waals surface area (Å²) in [5.41, 5.74) is 1.11. The zero-order chi connectivity index (χ0) is 21.8. The van der Waals surface area contributed by atoms with Crippen molar-refractivity contribution >= 4 is 27.5 Å². The van der Waals surface area contributed by atoms with Gasteiger partial charge < -0.3 is 15.1 Å². The molecule has 0 saturated carbocycles. The average Bonchev–Trinajstić information content (AvgIpc) is 2.81. The van der Waals surface area contributed by atoms with Gasteiger partial charge in [0.1, 0.15) is 6.04 Å². The number of sulfonamides is 1. The summed E-state index contributed by atoms with van der Waals surface area (Å²) in [6.07, 6.45) is -0.163. The van der Waals surface area contributed by atoms with E-state index in [4.69, 9.17) is 0 Å². The Morgan fingerprint density at radius 2 is 1.52 bits per heavy atom. The van der Waals surface area contributed by atoms with E-state index < -0.39 is 22.0 Å². The summed E-state index contributed by atoms with van der Waals surface area (Å²) in [6, 6.07) is 17.0. The van der Waals surface area contributed by atoms with Gasteiger partial charge in [0, 0.05) is 45.0 Å². The minimum Gasteiger partial charge on any atom is -0.368 e. The SMILES string of the molecule is O=C1NCCN(S(=O)(=O)c2ccccc2)C1CC(=O)N1CCN(c2ccccc2)CC1. The lowest BCUT2D eigenvalue weighted by molar-refractivity contribution is -0.137. The highest BCUT2D eigenvalue weighted by atomic mass is 32.2. The number of amides is 2. The van der Waals surface area contributed by atoms with Crippen molar-refractivity contribution < 1.29 is 18.0 Å². The van der Waals surface area contributed by atoms with Crippen LogP contribution >= 0.6 is 0 Å². The van der Waals surface area contributed by atoms with Gasteiger partial charge in [-0.1, -0.05) is 36.4 Å². The highest BCUT2D eigenvalue weighted by Crippen LogP contribution is 2.23. The van der Waals surface area contributed by atoms with E-state index in [1.54, 1.807) is 23.1 Å². The number of carbonyl (C=O) groups excluding carboxylic acids is 2. The first kappa shape index (κ1) is 21.3. The highest BCUT2D eigenvalue weighted by Gasteiger charge is 2.40. The minimum atomic E-state index is -3.87. The van der Waals surface area contributed by atoms with Gasteiger partial charge in [-0.3, -0.25) is 9.59 Å². The van der Waals surface area contributed by atoms with Crippen LogP contribution in [-0.4, -0.2) is 74.7 Å². The predicted octanol–water partition coefficient (Wildman–Crippen LogP) is 0.915. The summed E-state index contributed by atoms with van der Waals surface area (Å²) in [6.45, 7) is 2.83. The van der Waals surface area contributed by atoms with E-state index in [1.807, 2.05) is 30.3 Å². The molecule has 0 spiro atoms. The molecule has 2 aromatic carbocycles. The number of rotatable bonds is 5. The van der Waals surface area contributed by atoms with Crippen LogP contribution in [0.3, 0.4) is 0 Å². The minimum absolute atomic E-state index is 0.124. The molecule has 1 unspecified atom stereocenters. The zero-order valence-electron chi connectivity index (χ0n) is 17.2. The van der Waals surface area contributed by atoms with Gasteiger partial charge in [-0.2, -0.15) is 4.31 Å². The van der Waals surface area contributed by atoms with Crippen molar-refractivity contribution in [3.05, 3.63) is 60.7 Å². The number of nitrogens with one attached hydrogen (secondary N) is 1. The topological polar surface area (TPSA) is 90.0 Å². The second-order valence-corrected chi connectivity index (χ2v) is 9.53. The molecule has 0 aromatic heterocycles. The van der Waals surface area contributed by atoms with Crippen molar-refractivity contribution in [1.82, 2.24) is 14.5 Å². The normalized spacial score (nSPS) is 20.4. The number of carbonyl (C=O) groups is 2. The van der Waals surface area contributed by atoms with Crippen LogP contribution < -0.4 is 10.2 Å². The van der Waals surface area contributed by atoms with Crippen LogP contribution in [0.2, 0.25) is 0 Å². The molecule has 0 radical (unpaired) electrons. The molecule has 2 aromatic rings. The average molecular weight is 443 g/mol. The smallest absolute Gasteiger partial charge is 0.243 e. The summed E-state index contributed by atoms with van der Waals surface area (Å²) in [4.78, 5) is 29.6. The van der Waals surface area contributed by atoms with Crippen LogP contribution in [0.25, 0.3) is 0 Å². The van der Waals surface area contributed by atoms with Crippen molar-refractivity contribution in [3.8, 4) is 0 Å². The number of nitrogens with zero attached hydrogens (tertiary/aromatic N) is 3. The van der Waals surface area contributed by atoms with Gasteiger partial charge in [0.15, 0.2) is 0 Å². The summed E-state index contributed by atoms with van der Waals surface area (Å²) in [5.74, 6) is -0.634. The molecule has 2 amide bonds. The second kappa shape index (κ2) is 9.07. The molecule has 2 aliphatic heterocycles. The Kier molecular flexibility index (Phi) is 6.24. The van der Waals surface area contributed by atoms with E-state index in [1.165, 1.54) is 16.4 Å². The summed E-state index contributed by atoms with van der Waals surface area (Å²) in [5, 5.41) is 2.70. The van der Waals surface area contributed by atoms with Crippen molar-refractivity contribution in [3.63, 3.8) is 0 Å². The molecule has 1 atom stereocenters. The van der Waals surface area contributed by atoms with E-state index in [0.29, 0.717) is 26.2 Å². The van der Waals surface area contributed by atoms with E-state index in [2.05, 4.69) is 10.2 Å². The fourth-order valence-electron chi connectivity index (χ4n) is 4.05. The molecule has 2 fully saturated rings. The second-order valence-electron chi connectivity index (χ2n) is 7.64. The Bertz CT molecular complexity index is 1020. The van der Waals surface area contributed by atoms with Gasteiger partial charge in [0.25, 0.3) is 0 Å². The predicted molar refractivity (Wildman–Crippen MR) is 117 cm³/mol. The lowest BCUT2D eigenvalue weighted by Gasteiger charge is -2.38. The van der Waals surface area contributed by atoms with Crippen molar-refractivity contribution in [2.75, 3.05) is 44.2 Å². The van der Waals surface area contributed by atoms with Crippen LogP contribution in [0.5, 0.6) is 0 Å². The van der Waals surface area contributed by atoms with Crippen LogP contribution in [-0.2, 0) is 19.6 Å². The monoisotopic (exact) mass is 442 g/mol. The first-order valence-electron chi connectivity index (χ1n) is 10.4. The van der Waals surface area contributed by atoms with E-state index in [9.17, 15) is 18.0 Å². The highest BCUT2D eigenvalue weighted by molar-refractivity contribution is 7.89. The molecule has 2 heterocycles. The third-order valence-electron chi connectivity index (χ3n) is 5.75. The van der Waals surface area contributed by atoms with Crippen LogP contribution in [0.15, 0.2) is 65.6 Å². The van der Waals surface area contributed by atoms with Gasteiger partial charge in [-0.05, 0) is 24.3 Å². The number of para-hydroxylation sites is 1. The molecule has 4 rings (SSSR count). The Morgan fingerprint density at radius 3 is 2.16 bits per heavy atom. The number of anilines is 1. The molecule has 9 heteroatoms. The molecule has 2 saturated heterocycles. The van der Waals surface area contributed by atoms with E-state index in [0.717, 1.165) is 5.69 Å². The summed E-state index contributed by atoms with van der Waals surface area (Å²) >= 11 is 0. The first-order chi connectivity index (χ1) is 15.0.